The van der Waals surface area contributed by atoms with Gasteiger partial charge in [0.25, 0.3) is 0 Å². The molecule has 3 heterocycles. The summed E-state index contributed by atoms with van der Waals surface area (Å²) >= 11 is 0. The van der Waals surface area contributed by atoms with E-state index in [1.807, 2.05) is 49.1 Å². The molecule has 0 bridgehead atoms. The number of aryl methyl sites for hydroxylation is 1. The van der Waals surface area contributed by atoms with Crippen LogP contribution in [0.3, 0.4) is 0 Å². The van der Waals surface area contributed by atoms with Crippen molar-refractivity contribution in [3.8, 4) is 5.69 Å². The van der Waals surface area contributed by atoms with Crippen LogP contribution < -0.4 is 0 Å². The van der Waals surface area contributed by atoms with Crippen LogP contribution in [-0.2, 0) is 7.05 Å². The molecule has 0 amide bonds. The SMILES string of the molecule is CC(C)c1cnn(-c2ccccc2)c1.CC(C)c1cnn(C)c1F.CC(C)c1cnn(C2CCCCC2)c1. The van der Waals surface area contributed by atoms with Gasteiger partial charge in [-0.05, 0) is 53.9 Å². The van der Waals surface area contributed by atoms with Crippen LogP contribution in [0.15, 0.2) is 61.3 Å². The van der Waals surface area contributed by atoms with Gasteiger partial charge in [-0.2, -0.15) is 19.7 Å². The molecule has 0 spiro atoms. The second kappa shape index (κ2) is 14.1. The molecule has 0 saturated heterocycles. The zero-order chi connectivity index (χ0) is 27.7. The molecule has 38 heavy (non-hydrogen) atoms. The van der Waals surface area contributed by atoms with E-state index in [9.17, 15) is 4.39 Å². The second-order valence-electron chi connectivity index (χ2n) is 11.1. The fraction of sp³-hybridized carbons (Fsp3) is 0.516. The first-order valence-corrected chi connectivity index (χ1v) is 14.0. The molecule has 1 fully saturated rings. The van der Waals surface area contributed by atoms with E-state index in [0.717, 1.165) is 5.69 Å². The van der Waals surface area contributed by atoms with E-state index in [1.54, 1.807) is 13.2 Å². The average molecular weight is 521 g/mol. The minimum Gasteiger partial charge on any atom is -0.269 e. The molecule has 1 aliphatic carbocycles. The molecule has 0 radical (unpaired) electrons. The lowest BCUT2D eigenvalue weighted by Gasteiger charge is -2.21. The molecule has 1 aromatic carbocycles. The summed E-state index contributed by atoms with van der Waals surface area (Å²) in [4.78, 5) is 0. The van der Waals surface area contributed by atoms with E-state index in [2.05, 4.69) is 72.2 Å². The van der Waals surface area contributed by atoms with Gasteiger partial charge in [-0.3, -0.25) is 4.68 Å². The molecule has 6 nitrogen and oxygen atoms in total. The van der Waals surface area contributed by atoms with Crippen molar-refractivity contribution in [1.29, 1.82) is 0 Å². The minimum absolute atomic E-state index is 0.216. The molecule has 0 unspecified atom stereocenters. The monoisotopic (exact) mass is 520 g/mol. The highest BCUT2D eigenvalue weighted by Crippen LogP contribution is 2.28. The molecule has 206 valence electrons. The predicted molar refractivity (Wildman–Crippen MR) is 153 cm³/mol. The number of para-hydroxylation sites is 1. The standard InChI is InChI=1S/C12H20N2.C12H14N2.C7H11FN2/c2*1-10(2)11-8-13-14(9-11)12-6-4-3-5-7-12;1-5(2)6-4-9-10(3)7(6)8/h8-10,12H,3-7H2,1-2H3;3-10H,1-2H3;4-5H,1-3H3. The number of hydrogen-bond acceptors (Lipinski definition) is 3. The Kier molecular flexibility index (Phi) is 10.9. The van der Waals surface area contributed by atoms with Gasteiger partial charge in [-0.25, -0.2) is 9.36 Å². The van der Waals surface area contributed by atoms with E-state index in [1.165, 1.54) is 47.9 Å². The summed E-state index contributed by atoms with van der Waals surface area (Å²) in [6.45, 7) is 12.7. The molecular weight excluding hydrogens is 475 g/mol. The minimum atomic E-state index is -0.227. The normalized spacial score (nSPS) is 13.9. The predicted octanol–water partition coefficient (Wildman–Crippen LogP) is 8.19. The van der Waals surface area contributed by atoms with Gasteiger partial charge in [0.15, 0.2) is 0 Å². The van der Waals surface area contributed by atoms with Gasteiger partial charge >= 0.3 is 0 Å². The summed E-state index contributed by atoms with van der Waals surface area (Å²) < 4.78 is 18.3. The Balaban J connectivity index is 0.000000161. The third-order valence-corrected chi connectivity index (χ3v) is 7.04. The third-order valence-electron chi connectivity index (χ3n) is 7.04. The summed E-state index contributed by atoms with van der Waals surface area (Å²) in [6, 6.07) is 10.8. The van der Waals surface area contributed by atoms with Crippen LogP contribution in [0.25, 0.3) is 5.69 Å². The van der Waals surface area contributed by atoms with Crippen molar-refractivity contribution in [3.63, 3.8) is 0 Å². The van der Waals surface area contributed by atoms with Gasteiger partial charge in [-0.15, -0.1) is 0 Å². The van der Waals surface area contributed by atoms with Crippen LogP contribution in [0.2, 0.25) is 0 Å². The number of halogens is 1. The Labute approximate surface area is 227 Å². The quantitative estimate of drug-likeness (QED) is 0.266. The zero-order valence-electron chi connectivity index (χ0n) is 24.2. The second-order valence-corrected chi connectivity index (χ2v) is 11.1. The lowest BCUT2D eigenvalue weighted by Crippen LogP contribution is -2.12. The number of rotatable bonds is 5. The van der Waals surface area contributed by atoms with Gasteiger partial charge in [-0.1, -0.05) is 79.0 Å². The first kappa shape index (κ1) is 29.3. The van der Waals surface area contributed by atoms with Crippen molar-refractivity contribution in [3.05, 3.63) is 84.0 Å². The van der Waals surface area contributed by atoms with Crippen LogP contribution in [0.4, 0.5) is 4.39 Å². The summed E-state index contributed by atoms with van der Waals surface area (Å²) in [5.74, 6) is 1.13. The molecule has 0 atom stereocenters. The maximum Gasteiger partial charge on any atom is 0.214 e. The Morgan fingerprint density at radius 3 is 1.82 bits per heavy atom. The third kappa shape index (κ3) is 8.14. The van der Waals surface area contributed by atoms with Gasteiger partial charge in [0.05, 0.1) is 30.3 Å². The van der Waals surface area contributed by atoms with Crippen molar-refractivity contribution in [1.82, 2.24) is 29.3 Å². The van der Waals surface area contributed by atoms with Crippen LogP contribution in [-0.4, -0.2) is 29.3 Å². The highest BCUT2D eigenvalue weighted by Gasteiger charge is 2.16. The molecule has 3 aromatic heterocycles. The van der Waals surface area contributed by atoms with Gasteiger partial charge < -0.3 is 0 Å². The molecule has 0 aliphatic heterocycles. The van der Waals surface area contributed by atoms with E-state index in [0.29, 0.717) is 23.4 Å². The number of benzene rings is 1. The largest absolute Gasteiger partial charge is 0.269 e. The molecular formula is C31H45FN6. The molecule has 4 aromatic rings. The molecule has 7 heteroatoms. The average Bonchev–Trinajstić information content (AvgIpc) is 3.67. The number of nitrogens with zero attached hydrogens (tertiary/aromatic N) is 6. The van der Waals surface area contributed by atoms with E-state index in [-0.39, 0.29) is 11.9 Å². The Morgan fingerprint density at radius 2 is 1.34 bits per heavy atom. The highest BCUT2D eigenvalue weighted by molar-refractivity contribution is 5.31. The van der Waals surface area contributed by atoms with Crippen molar-refractivity contribution < 1.29 is 4.39 Å². The maximum absolute atomic E-state index is 12.9. The molecule has 0 N–H and O–H groups in total. The Morgan fingerprint density at radius 1 is 0.737 bits per heavy atom. The van der Waals surface area contributed by atoms with Crippen LogP contribution in [0, 0.1) is 5.95 Å². The van der Waals surface area contributed by atoms with Gasteiger partial charge in [0, 0.05) is 25.0 Å². The fourth-order valence-electron chi connectivity index (χ4n) is 4.38. The van der Waals surface area contributed by atoms with Gasteiger partial charge in [0.2, 0.25) is 5.95 Å². The molecule has 1 aliphatic rings. The Hall–Kier alpha value is -3.22. The fourth-order valence-corrected chi connectivity index (χ4v) is 4.38. The topological polar surface area (TPSA) is 53.5 Å². The Bertz CT molecular complexity index is 1210. The summed E-state index contributed by atoms with van der Waals surface area (Å²) in [5.41, 5.74) is 4.44. The summed E-state index contributed by atoms with van der Waals surface area (Å²) in [6.07, 6.45) is 16.6. The number of hydrogen-bond donors (Lipinski definition) is 0. The van der Waals surface area contributed by atoms with Crippen molar-refractivity contribution in [2.24, 2.45) is 7.05 Å². The molecule has 1 saturated carbocycles. The van der Waals surface area contributed by atoms with Crippen molar-refractivity contribution in [2.45, 2.75) is 97.4 Å². The smallest absolute Gasteiger partial charge is 0.214 e. The van der Waals surface area contributed by atoms with Gasteiger partial charge in [0.1, 0.15) is 0 Å². The zero-order valence-corrected chi connectivity index (χ0v) is 24.2. The van der Waals surface area contributed by atoms with Crippen molar-refractivity contribution in [2.75, 3.05) is 0 Å². The first-order valence-electron chi connectivity index (χ1n) is 14.0. The maximum atomic E-state index is 12.9. The van der Waals surface area contributed by atoms with E-state index < -0.39 is 0 Å². The van der Waals surface area contributed by atoms with Crippen LogP contribution >= 0.6 is 0 Å². The highest BCUT2D eigenvalue weighted by atomic mass is 19.1. The van der Waals surface area contributed by atoms with E-state index in [4.69, 9.17) is 0 Å². The lowest BCUT2D eigenvalue weighted by atomic mass is 9.96. The van der Waals surface area contributed by atoms with E-state index >= 15 is 0 Å². The van der Waals surface area contributed by atoms with Crippen LogP contribution in [0.1, 0.15) is 114 Å². The van der Waals surface area contributed by atoms with Crippen molar-refractivity contribution >= 4 is 0 Å². The van der Waals surface area contributed by atoms with Crippen LogP contribution in [0.5, 0.6) is 0 Å². The summed E-state index contributed by atoms with van der Waals surface area (Å²) in [5, 5.41) is 12.6. The lowest BCUT2D eigenvalue weighted by molar-refractivity contribution is 0.329. The number of aromatic nitrogens is 6. The summed E-state index contributed by atoms with van der Waals surface area (Å²) in [7, 11) is 1.60. The molecule has 5 rings (SSSR count). The first-order chi connectivity index (χ1) is 18.2.